The number of carbonyl (C=O) groups excluding carboxylic acids is 2. The van der Waals surface area contributed by atoms with E-state index in [0.29, 0.717) is 17.2 Å². The minimum Gasteiger partial charge on any atom is -0.365 e. The molecule has 0 aliphatic carbocycles. The van der Waals surface area contributed by atoms with Crippen LogP contribution in [0.4, 0.5) is 8.78 Å². The van der Waals surface area contributed by atoms with Crippen LogP contribution in [0.1, 0.15) is 44.4 Å². The Kier molecular flexibility index (Phi) is 5.36. The third-order valence-electron chi connectivity index (χ3n) is 4.99. The monoisotopic (exact) mass is 386 g/mol. The lowest BCUT2D eigenvalue weighted by Gasteiger charge is -2.30. The van der Waals surface area contributed by atoms with Crippen LogP contribution in [0.2, 0.25) is 0 Å². The number of amides is 2. The van der Waals surface area contributed by atoms with Crippen molar-refractivity contribution in [2.24, 2.45) is 0 Å². The van der Waals surface area contributed by atoms with Crippen molar-refractivity contribution in [1.82, 2.24) is 16.0 Å². The highest BCUT2D eigenvalue weighted by atomic mass is 19.1. The topological polar surface area (TPSA) is 70.2 Å². The van der Waals surface area contributed by atoms with Gasteiger partial charge < -0.3 is 16.0 Å². The smallest absolute Gasteiger partial charge is 0.249 e. The van der Waals surface area contributed by atoms with Crippen LogP contribution in [0.3, 0.4) is 0 Å². The van der Waals surface area contributed by atoms with Crippen LogP contribution in [0.15, 0.2) is 46.8 Å². The fourth-order valence-electron chi connectivity index (χ4n) is 3.71. The highest BCUT2D eigenvalue weighted by Gasteiger charge is 2.32. The number of aryl methyl sites for hydroxylation is 1. The molecule has 0 fully saturated rings. The van der Waals surface area contributed by atoms with Crippen molar-refractivity contribution < 1.29 is 18.4 Å². The highest BCUT2D eigenvalue weighted by molar-refractivity contribution is 6.03. The summed E-state index contributed by atoms with van der Waals surface area (Å²) in [5.74, 6) is -2.12. The van der Waals surface area contributed by atoms with Gasteiger partial charge in [0.05, 0.1) is 12.5 Å². The minimum atomic E-state index is -0.712. The van der Waals surface area contributed by atoms with Crippen molar-refractivity contribution in [3.8, 4) is 0 Å². The Morgan fingerprint density at radius 2 is 1.93 bits per heavy atom. The summed E-state index contributed by atoms with van der Waals surface area (Å²) >= 11 is 0. The number of halogens is 2. The van der Waals surface area contributed by atoms with Gasteiger partial charge in [-0.2, -0.15) is 0 Å². The minimum absolute atomic E-state index is 0.141. The molecule has 0 bridgehead atoms. The fourth-order valence-corrected chi connectivity index (χ4v) is 3.71. The molecule has 0 saturated carbocycles. The van der Waals surface area contributed by atoms with Crippen LogP contribution in [-0.2, 0) is 9.59 Å². The maximum atomic E-state index is 14.1. The highest BCUT2D eigenvalue weighted by Crippen LogP contribution is 2.33. The van der Waals surface area contributed by atoms with E-state index in [2.05, 4.69) is 16.0 Å². The number of dihydropyridines is 1. The van der Waals surface area contributed by atoms with Gasteiger partial charge in [-0.3, -0.25) is 9.59 Å². The average molecular weight is 386 g/mol. The summed E-state index contributed by atoms with van der Waals surface area (Å²) in [5, 5.41) is 8.59. The summed E-state index contributed by atoms with van der Waals surface area (Å²) in [6.45, 7) is 6.90. The van der Waals surface area contributed by atoms with Crippen molar-refractivity contribution in [3.63, 3.8) is 0 Å². The van der Waals surface area contributed by atoms with Gasteiger partial charge in [-0.1, -0.05) is 0 Å². The number of nitrogens with one attached hydrogen (secondary N) is 3. The number of benzene rings is 1. The predicted octanol–water partition coefficient (Wildman–Crippen LogP) is 3.21. The molecular weight excluding hydrogens is 364 g/mol. The summed E-state index contributed by atoms with van der Waals surface area (Å²) in [5.41, 5.74) is 3.46. The van der Waals surface area contributed by atoms with Gasteiger partial charge in [0, 0.05) is 28.5 Å². The number of fused-ring (bicyclic) bond motifs is 1. The van der Waals surface area contributed by atoms with Crippen molar-refractivity contribution in [1.29, 1.82) is 0 Å². The fraction of sp³-hybridized carbons (Fsp3) is 0.286. The van der Waals surface area contributed by atoms with Gasteiger partial charge in [-0.25, -0.2) is 8.78 Å². The maximum Gasteiger partial charge on any atom is 0.249 e. The van der Waals surface area contributed by atoms with E-state index in [9.17, 15) is 18.4 Å². The number of hydrogen-bond donors (Lipinski definition) is 3. The Labute approximate surface area is 162 Å². The molecule has 2 amide bonds. The summed E-state index contributed by atoms with van der Waals surface area (Å²) in [7, 11) is 0. The quantitative estimate of drug-likeness (QED) is 0.744. The normalized spacial score (nSPS) is 17.9. The summed E-state index contributed by atoms with van der Waals surface area (Å²) < 4.78 is 27.4. The zero-order valence-electron chi connectivity index (χ0n) is 16.2. The third kappa shape index (κ3) is 3.69. The number of allylic oxidation sites excluding steroid dienone is 1. The van der Waals surface area contributed by atoms with Crippen LogP contribution in [0, 0.1) is 24.6 Å². The second-order valence-electron chi connectivity index (χ2n) is 7.03. The standard InChI is InChI=1S/C21H22F2N3O2/c1-10-7-14(22)8-16(23)19(10)13(4)25-18(27)9-15-11(2)20-12(3)24-6-5-17(20)26-21(15)28/h5-8,13,24H,9H2,1-4H3,(H,25,27)(H,26,28)/t13-/m0/s1. The molecule has 1 aromatic rings. The van der Waals surface area contributed by atoms with E-state index in [-0.39, 0.29) is 17.9 Å². The SMILES string of the molecule is CC1=C2[C](C=CN1)NC(=O)C(CC(=O)N[C@@H](C)c1c(C)cc(F)cc1F)=C2C. The Balaban J connectivity index is 1.79. The molecule has 0 saturated heterocycles. The van der Waals surface area contributed by atoms with Gasteiger partial charge in [0.1, 0.15) is 17.7 Å². The number of hydrogen-bond acceptors (Lipinski definition) is 3. The largest absolute Gasteiger partial charge is 0.365 e. The molecule has 0 spiro atoms. The molecule has 1 radical (unpaired) electrons. The molecule has 0 aromatic heterocycles. The number of rotatable bonds is 4. The summed E-state index contributed by atoms with van der Waals surface area (Å²) in [6.07, 6.45) is 3.36. The van der Waals surface area contributed by atoms with Crippen molar-refractivity contribution >= 4 is 11.8 Å². The first-order valence-corrected chi connectivity index (χ1v) is 8.96. The van der Waals surface area contributed by atoms with Gasteiger partial charge in [0.15, 0.2) is 0 Å². The van der Waals surface area contributed by atoms with Gasteiger partial charge in [-0.05, 0) is 57.2 Å². The molecule has 2 aliphatic rings. The van der Waals surface area contributed by atoms with E-state index in [1.54, 1.807) is 33.0 Å². The Hall–Kier alpha value is -2.96. The molecule has 5 nitrogen and oxygen atoms in total. The van der Waals surface area contributed by atoms with Crippen molar-refractivity contribution in [3.05, 3.63) is 75.6 Å². The van der Waals surface area contributed by atoms with Crippen LogP contribution in [-0.4, -0.2) is 11.8 Å². The summed E-state index contributed by atoms with van der Waals surface area (Å²) in [6, 6.07) is 2.05. The van der Waals surface area contributed by atoms with Crippen molar-refractivity contribution in [2.45, 2.75) is 40.2 Å². The van der Waals surface area contributed by atoms with Crippen LogP contribution in [0.25, 0.3) is 0 Å². The van der Waals surface area contributed by atoms with E-state index in [0.717, 1.165) is 22.9 Å². The molecule has 28 heavy (non-hydrogen) atoms. The average Bonchev–Trinajstić information content (AvgIpc) is 2.57. The second kappa shape index (κ2) is 7.58. The first-order valence-electron chi connectivity index (χ1n) is 8.96. The molecule has 2 heterocycles. The van der Waals surface area contributed by atoms with Gasteiger partial charge in [-0.15, -0.1) is 0 Å². The third-order valence-corrected chi connectivity index (χ3v) is 4.99. The van der Waals surface area contributed by atoms with E-state index >= 15 is 0 Å². The van der Waals surface area contributed by atoms with Crippen LogP contribution < -0.4 is 16.0 Å². The Morgan fingerprint density at radius 1 is 1.21 bits per heavy atom. The molecule has 2 aliphatic heterocycles. The molecule has 7 heteroatoms. The van der Waals surface area contributed by atoms with Gasteiger partial charge in [0.25, 0.3) is 0 Å². The van der Waals surface area contributed by atoms with Crippen LogP contribution >= 0.6 is 0 Å². The lowest BCUT2D eigenvalue weighted by atomic mass is 9.86. The molecule has 3 N–H and O–H groups in total. The first kappa shape index (κ1) is 19.8. The van der Waals surface area contributed by atoms with Crippen molar-refractivity contribution in [2.75, 3.05) is 0 Å². The Morgan fingerprint density at radius 3 is 2.61 bits per heavy atom. The zero-order chi connectivity index (χ0) is 20.6. The van der Waals surface area contributed by atoms with Gasteiger partial charge >= 0.3 is 0 Å². The molecule has 1 aromatic carbocycles. The van der Waals surface area contributed by atoms with E-state index in [4.69, 9.17) is 0 Å². The predicted molar refractivity (Wildman–Crippen MR) is 101 cm³/mol. The van der Waals surface area contributed by atoms with Crippen LogP contribution in [0.5, 0.6) is 0 Å². The molecule has 147 valence electrons. The molecular formula is C21H22F2N3O2. The lowest BCUT2D eigenvalue weighted by Crippen LogP contribution is -2.39. The first-order chi connectivity index (χ1) is 13.2. The molecule has 1 atom stereocenters. The Bertz CT molecular complexity index is 924. The van der Waals surface area contributed by atoms with E-state index in [1.807, 2.05) is 6.92 Å². The van der Waals surface area contributed by atoms with E-state index < -0.39 is 23.6 Å². The second-order valence-corrected chi connectivity index (χ2v) is 7.03. The van der Waals surface area contributed by atoms with Gasteiger partial charge in [0.2, 0.25) is 11.8 Å². The summed E-state index contributed by atoms with van der Waals surface area (Å²) in [4.78, 5) is 25.0. The molecule has 0 unspecified atom stereocenters. The van der Waals surface area contributed by atoms with E-state index in [1.165, 1.54) is 6.07 Å². The lowest BCUT2D eigenvalue weighted by molar-refractivity contribution is -0.123. The number of carbonyl (C=O) groups is 2. The zero-order valence-corrected chi connectivity index (χ0v) is 16.2. The molecule has 3 rings (SSSR count). The maximum absolute atomic E-state index is 14.1.